The van der Waals surface area contributed by atoms with Crippen molar-refractivity contribution in [2.24, 2.45) is 12.8 Å². The van der Waals surface area contributed by atoms with Gasteiger partial charge in [-0.15, -0.1) is 5.10 Å². The summed E-state index contributed by atoms with van der Waals surface area (Å²) in [4.78, 5) is 18.5. The first-order valence-electron chi connectivity index (χ1n) is 8.94. The van der Waals surface area contributed by atoms with E-state index in [0.29, 0.717) is 12.1 Å². The van der Waals surface area contributed by atoms with Crippen LogP contribution in [0.25, 0.3) is 5.52 Å². The molecule has 9 nitrogen and oxygen atoms in total. The number of anilines is 2. The Balaban J connectivity index is 1.63. The molecule has 154 valence electrons. The predicted molar refractivity (Wildman–Crippen MR) is 98.8 cm³/mol. The van der Waals surface area contributed by atoms with Crippen LogP contribution in [-0.4, -0.2) is 55.6 Å². The van der Waals surface area contributed by atoms with E-state index in [2.05, 4.69) is 20.5 Å². The number of nitrogens with two attached hydrogens (primary N) is 1. The van der Waals surface area contributed by atoms with Crippen LogP contribution in [0, 0.1) is 0 Å². The first-order chi connectivity index (χ1) is 13.8. The zero-order chi connectivity index (χ0) is 20.7. The van der Waals surface area contributed by atoms with Gasteiger partial charge in [-0.25, -0.2) is 22.7 Å². The van der Waals surface area contributed by atoms with Gasteiger partial charge in [0.05, 0.1) is 23.9 Å². The summed E-state index contributed by atoms with van der Waals surface area (Å²) in [6.07, 6.45) is -0.855. The second-order valence-electron chi connectivity index (χ2n) is 6.97. The molecule has 0 bridgehead atoms. The zero-order valence-electron chi connectivity index (χ0n) is 15.5. The number of carbonyl (C=O) groups excluding carboxylic acids is 1. The largest absolute Gasteiger partial charge is 0.335 e. The second kappa shape index (κ2) is 7.35. The fourth-order valence-electron chi connectivity index (χ4n) is 3.40. The summed E-state index contributed by atoms with van der Waals surface area (Å²) < 4.78 is 42.6. The molecule has 0 radical (unpaired) electrons. The Kier molecular flexibility index (Phi) is 4.86. The van der Waals surface area contributed by atoms with Gasteiger partial charge in [0, 0.05) is 25.8 Å². The number of nitrogens with one attached hydrogen (secondary N) is 1. The number of nitrogens with zero attached hydrogens (tertiary/aromatic N) is 6. The maximum atomic E-state index is 13.9. The van der Waals surface area contributed by atoms with Crippen molar-refractivity contribution in [3.05, 3.63) is 35.9 Å². The first-order valence-corrected chi connectivity index (χ1v) is 8.94. The van der Waals surface area contributed by atoms with Crippen LogP contribution < -0.4 is 16.0 Å². The van der Waals surface area contributed by atoms with E-state index in [1.54, 1.807) is 11.0 Å². The number of piperidine rings is 1. The summed E-state index contributed by atoms with van der Waals surface area (Å²) in [5, 5.41) is 10.4. The smallest absolute Gasteiger partial charge is 0.284 e. The molecule has 3 N–H and O–H groups in total. The van der Waals surface area contributed by atoms with E-state index >= 15 is 0 Å². The van der Waals surface area contributed by atoms with Crippen LogP contribution in [-0.2, 0) is 7.05 Å². The molecule has 4 rings (SSSR count). The molecule has 0 aliphatic carbocycles. The van der Waals surface area contributed by atoms with Gasteiger partial charge in [-0.3, -0.25) is 9.48 Å². The standard InChI is InChI=1S/C17H19F3N8O/c1-26-8-12(14(24-26)15(19)20)23-16(29)13-3-2-11-5-22-17(25-28(11)13)27-6-9(18)4-10(21)7-27/h2-3,5,8-10,15H,4,6-7,21H2,1H3,(H,23,29)/t9-,10-/m0/s1. The molecule has 12 heteroatoms. The normalized spacial score (nSPS) is 19.9. The van der Waals surface area contributed by atoms with Crippen LogP contribution in [0.15, 0.2) is 24.5 Å². The third kappa shape index (κ3) is 3.75. The van der Waals surface area contributed by atoms with Crippen molar-refractivity contribution in [3.8, 4) is 0 Å². The number of fused-ring (bicyclic) bond motifs is 1. The van der Waals surface area contributed by atoms with Gasteiger partial charge in [-0.1, -0.05) is 0 Å². The minimum absolute atomic E-state index is 0.0843. The predicted octanol–water partition coefficient (Wildman–Crippen LogP) is 1.53. The summed E-state index contributed by atoms with van der Waals surface area (Å²) in [7, 11) is 1.48. The number of rotatable bonds is 4. The topological polar surface area (TPSA) is 106 Å². The lowest BCUT2D eigenvalue weighted by molar-refractivity contribution is 0.101. The van der Waals surface area contributed by atoms with Crippen molar-refractivity contribution < 1.29 is 18.0 Å². The minimum Gasteiger partial charge on any atom is -0.335 e. The Bertz CT molecular complexity index is 1040. The van der Waals surface area contributed by atoms with Crippen molar-refractivity contribution in [3.63, 3.8) is 0 Å². The molecule has 0 spiro atoms. The van der Waals surface area contributed by atoms with Crippen LogP contribution in [0.4, 0.5) is 24.8 Å². The summed E-state index contributed by atoms with van der Waals surface area (Å²) in [6.45, 7) is 0.498. The number of hydrogen-bond donors (Lipinski definition) is 2. The number of aromatic nitrogens is 5. The molecular weight excluding hydrogens is 389 g/mol. The molecule has 1 saturated heterocycles. The minimum atomic E-state index is -2.83. The molecule has 3 aromatic rings. The Labute approximate surface area is 163 Å². The first kappa shape index (κ1) is 19.2. The molecule has 29 heavy (non-hydrogen) atoms. The van der Waals surface area contributed by atoms with Crippen LogP contribution in [0.3, 0.4) is 0 Å². The average Bonchev–Trinajstić information content (AvgIpc) is 3.23. The van der Waals surface area contributed by atoms with Crippen LogP contribution in [0.2, 0.25) is 0 Å². The number of halogens is 3. The number of aryl methyl sites for hydroxylation is 1. The van der Waals surface area contributed by atoms with Crippen LogP contribution in [0.5, 0.6) is 0 Å². The van der Waals surface area contributed by atoms with Crippen LogP contribution >= 0.6 is 0 Å². The molecular formula is C17H19F3N8O. The lowest BCUT2D eigenvalue weighted by atomic mass is 10.1. The fourth-order valence-corrected chi connectivity index (χ4v) is 3.40. The highest BCUT2D eigenvalue weighted by Gasteiger charge is 2.27. The lowest BCUT2D eigenvalue weighted by Gasteiger charge is -2.32. The van der Waals surface area contributed by atoms with Gasteiger partial charge in [-0.2, -0.15) is 5.10 Å². The highest BCUT2D eigenvalue weighted by atomic mass is 19.3. The molecule has 1 amide bonds. The Hall–Kier alpha value is -3.15. The van der Waals surface area contributed by atoms with Gasteiger partial charge in [0.15, 0.2) is 5.69 Å². The van der Waals surface area contributed by atoms with Crippen LogP contribution in [0.1, 0.15) is 29.0 Å². The maximum Gasteiger partial charge on any atom is 0.284 e. The van der Waals surface area contributed by atoms with E-state index in [0.717, 1.165) is 0 Å². The Morgan fingerprint density at radius 1 is 1.31 bits per heavy atom. The highest BCUT2D eigenvalue weighted by Crippen LogP contribution is 2.26. The maximum absolute atomic E-state index is 13.9. The molecule has 0 aromatic carbocycles. The van der Waals surface area contributed by atoms with Gasteiger partial charge in [0.1, 0.15) is 11.9 Å². The summed E-state index contributed by atoms with van der Waals surface area (Å²) in [5.41, 5.74) is 5.91. The zero-order valence-corrected chi connectivity index (χ0v) is 15.5. The number of alkyl halides is 3. The van der Waals surface area contributed by atoms with Crippen molar-refractivity contribution in [2.45, 2.75) is 25.1 Å². The summed E-state index contributed by atoms with van der Waals surface area (Å²) in [6, 6.07) is 2.78. The quantitative estimate of drug-likeness (QED) is 0.678. The SMILES string of the molecule is Cn1cc(NC(=O)c2ccc3cnc(N4C[C@@H](N)C[C@H](F)C4)nn23)c(C(F)F)n1. The van der Waals surface area contributed by atoms with E-state index < -0.39 is 24.2 Å². The third-order valence-electron chi connectivity index (χ3n) is 4.65. The Morgan fingerprint density at radius 2 is 2.10 bits per heavy atom. The summed E-state index contributed by atoms with van der Waals surface area (Å²) in [5.74, 6) is -0.404. The van der Waals surface area contributed by atoms with Gasteiger partial charge in [0.25, 0.3) is 12.3 Å². The number of hydrogen-bond acceptors (Lipinski definition) is 6. The van der Waals surface area contributed by atoms with Gasteiger partial charge < -0.3 is 16.0 Å². The van der Waals surface area contributed by atoms with Gasteiger partial charge >= 0.3 is 0 Å². The van der Waals surface area contributed by atoms with E-state index in [1.807, 2.05) is 0 Å². The Morgan fingerprint density at radius 3 is 2.83 bits per heavy atom. The lowest BCUT2D eigenvalue weighted by Crippen LogP contribution is -2.48. The molecule has 4 heterocycles. The highest BCUT2D eigenvalue weighted by molar-refractivity contribution is 6.04. The van der Waals surface area contributed by atoms with Gasteiger partial charge in [0.2, 0.25) is 5.95 Å². The second-order valence-corrected chi connectivity index (χ2v) is 6.97. The number of amides is 1. The van der Waals surface area contributed by atoms with Crippen molar-refractivity contribution in [2.75, 3.05) is 23.3 Å². The third-order valence-corrected chi connectivity index (χ3v) is 4.65. The van der Waals surface area contributed by atoms with E-state index in [4.69, 9.17) is 5.73 Å². The van der Waals surface area contributed by atoms with E-state index in [1.165, 1.54) is 34.7 Å². The molecule has 3 aromatic heterocycles. The summed E-state index contributed by atoms with van der Waals surface area (Å²) >= 11 is 0. The average molecular weight is 408 g/mol. The molecule has 2 atom stereocenters. The fraction of sp³-hybridized carbons (Fsp3) is 0.412. The monoisotopic (exact) mass is 408 g/mol. The van der Waals surface area contributed by atoms with Crippen molar-refractivity contribution >= 4 is 23.1 Å². The molecule has 1 fully saturated rings. The molecule has 1 aliphatic heterocycles. The van der Waals surface area contributed by atoms with Crippen molar-refractivity contribution in [1.82, 2.24) is 24.4 Å². The van der Waals surface area contributed by atoms with E-state index in [9.17, 15) is 18.0 Å². The van der Waals surface area contributed by atoms with E-state index in [-0.39, 0.29) is 36.3 Å². The number of carbonyl (C=O) groups is 1. The molecule has 0 unspecified atom stereocenters. The molecule has 1 aliphatic rings. The molecule has 0 saturated carbocycles. The van der Waals surface area contributed by atoms with Gasteiger partial charge in [-0.05, 0) is 18.6 Å². The van der Waals surface area contributed by atoms with Crippen molar-refractivity contribution in [1.29, 1.82) is 0 Å².